The van der Waals surface area contributed by atoms with Gasteiger partial charge in [0.25, 0.3) is 0 Å². The second-order valence-electron chi connectivity index (χ2n) is 3.88. The van der Waals surface area contributed by atoms with Gasteiger partial charge in [0.15, 0.2) is 0 Å². The van der Waals surface area contributed by atoms with Crippen molar-refractivity contribution >= 4 is 0 Å². The van der Waals surface area contributed by atoms with Crippen molar-refractivity contribution < 1.29 is 0 Å². The van der Waals surface area contributed by atoms with E-state index in [4.69, 9.17) is 5.73 Å². The monoisotopic (exact) mass is 212 g/mol. The Kier molecular flexibility index (Phi) is 3.67. The molecule has 2 N–H and O–H groups in total. The molecule has 2 heteroatoms. The standard InChI is InChI=1S/C14H16N2/c15-14(12-6-2-1-3-7-12)10-9-13-8-4-5-11-16-13/h1-8,11,14H,9-10,15H2. The highest BCUT2D eigenvalue weighted by molar-refractivity contribution is 5.18. The van der Waals surface area contributed by atoms with Crippen LogP contribution in [0.2, 0.25) is 0 Å². The van der Waals surface area contributed by atoms with Gasteiger partial charge in [-0.25, -0.2) is 0 Å². The molecule has 0 saturated carbocycles. The van der Waals surface area contributed by atoms with Gasteiger partial charge in [-0.1, -0.05) is 36.4 Å². The molecule has 0 saturated heterocycles. The molecule has 2 nitrogen and oxygen atoms in total. The van der Waals surface area contributed by atoms with Crippen LogP contribution >= 0.6 is 0 Å². The fraction of sp³-hybridized carbons (Fsp3) is 0.214. The van der Waals surface area contributed by atoms with Gasteiger partial charge >= 0.3 is 0 Å². The van der Waals surface area contributed by atoms with E-state index >= 15 is 0 Å². The molecular weight excluding hydrogens is 196 g/mol. The largest absolute Gasteiger partial charge is 0.324 e. The second kappa shape index (κ2) is 5.42. The maximum absolute atomic E-state index is 6.12. The number of benzene rings is 1. The number of nitrogens with zero attached hydrogens (tertiary/aromatic N) is 1. The van der Waals surface area contributed by atoms with Crippen molar-refractivity contribution in [2.24, 2.45) is 5.73 Å². The first kappa shape index (κ1) is 10.8. The van der Waals surface area contributed by atoms with E-state index in [1.807, 2.05) is 42.6 Å². The van der Waals surface area contributed by atoms with E-state index in [2.05, 4.69) is 17.1 Å². The van der Waals surface area contributed by atoms with Gasteiger partial charge in [-0.05, 0) is 30.5 Å². The lowest BCUT2D eigenvalue weighted by Crippen LogP contribution is -2.11. The van der Waals surface area contributed by atoms with Crippen LogP contribution in [-0.4, -0.2) is 4.98 Å². The molecule has 0 aliphatic rings. The fourth-order valence-corrected chi connectivity index (χ4v) is 1.72. The van der Waals surface area contributed by atoms with Crippen molar-refractivity contribution in [2.75, 3.05) is 0 Å². The summed E-state index contributed by atoms with van der Waals surface area (Å²) in [4.78, 5) is 4.29. The Morgan fingerprint density at radius 2 is 1.75 bits per heavy atom. The quantitative estimate of drug-likeness (QED) is 0.846. The summed E-state index contributed by atoms with van der Waals surface area (Å²) in [6, 6.07) is 16.3. The molecule has 0 amide bonds. The third-order valence-electron chi connectivity index (χ3n) is 2.67. The Morgan fingerprint density at radius 3 is 2.44 bits per heavy atom. The number of rotatable bonds is 4. The number of nitrogens with two attached hydrogens (primary N) is 1. The molecule has 0 fully saturated rings. The Balaban J connectivity index is 1.92. The van der Waals surface area contributed by atoms with Crippen LogP contribution in [0.15, 0.2) is 54.7 Å². The summed E-state index contributed by atoms with van der Waals surface area (Å²) in [6.45, 7) is 0. The van der Waals surface area contributed by atoms with Crippen LogP contribution in [-0.2, 0) is 6.42 Å². The van der Waals surface area contributed by atoms with Gasteiger partial charge in [0.2, 0.25) is 0 Å². The molecule has 0 bridgehead atoms. The summed E-state index contributed by atoms with van der Waals surface area (Å²) in [5.74, 6) is 0. The molecule has 1 aromatic carbocycles. The van der Waals surface area contributed by atoms with Crippen LogP contribution in [0, 0.1) is 0 Å². The van der Waals surface area contributed by atoms with Crippen molar-refractivity contribution in [3.63, 3.8) is 0 Å². The highest BCUT2D eigenvalue weighted by Gasteiger charge is 2.05. The molecule has 1 atom stereocenters. The van der Waals surface area contributed by atoms with E-state index in [0.29, 0.717) is 0 Å². The topological polar surface area (TPSA) is 38.9 Å². The summed E-state index contributed by atoms with van der Waals surface area (Å²) >= 11 is 0. The molecule has 0 spiro atoms. The minimum atomic E-state index is 0.100. The lowest BCUT2D eigenvalue weighted by atomic mass is 10.0. The molecule has 2 rings (SSSR count). The maximum Gasteiger partial charge on any atom is 0.0404 e. The molecular formula is C14H16N2. The van der Waals surface area contributed by atoms with Gasteiger partial charge in [0, 0.05) is 17.9 Å². The van der Waals surface area contributed by atoms with Crippen molar-refractivity contribution in [3.05, 3.63) is 66.0 Å². The minimum Gasteiger partial charge on any atom is -0.324 e. The maximum atomic E-state index is 6.12. The molecule has 0 radical (unpaired) electrons. The zero-order valence-electron chi connectivity index (χ0n) is 9.21. The van der Waals surface area contributed by atoms with E-state index < -0.39 is 0 Å². The van der Waals surface area contributed by atoms with Crippen LogP contribution in [0.5, 0.6) is 0 Å². The zero-order chi connectivity index (χ0) is 11.2. The molecule has 82 valence electrons. The molecule has 1 aromatic heterocycles. The fourth-order valence-electron chi connectivity index (χ4n) is 1.72. The average molecular weight is 212 g/mol. The van der Waals surface area contributed by atoms with Crippen molar-refractivity contribution in [1.29, 1.82) is 0 Å². The smallest absolute Gasteiger partial charge is 0.0404 e. The third kappa shape index (κ3) is 2.91. The molecule has 1 unspecified atom stereocenters. The lowest BCUT2D eigenvalue weighted by molar-refractivity contribution is 0.644. The Labute approximate surface area is 96.1 Å². The number of aromatic nitrogens is 1. The van der Waals surface area contributed by atoms with Crippen LogP contribution < -0.4 is 5.73 Å². The van der Waals surface area contributed by atoms with Gasteiger partial charge in [-0.3, -0.25) is 4.98 Å². The number of aryl methyl sites for hydroxylation is 1. The van der Waals surface area contributed by atoms with Gasteiger partial charge < -0.3 is 5.73 Å². The summed E-state index contributed by atoms with van der Waals surface area (Å²) in [6.07, 6.45) is 3.68. The first-order chi connectivity index (χ1) is 7.86. The molecule has 0 aliphatic heterocycles. The van der Waals surface area contributed by atoms with E-state index in [1.165, 1.54) is 5.56 Å². The molecule has 2 aromatic rings. The number of hydrogen-bond donors (Lipinski definition) is 1. The van der Waals surface area contributed by atoms with E-state index in [1.54, 1.807) is 0 Å². The van der Waals surface area contributed by atoms with E-state index in [-0.39, 0.29) is 6.04 Å². The number of pyridine rings is 1. The molecule has 1 heterocycles. The average Bonchev–Trinajstić information content (AvgIpc) is 2.38. The molecule has 0 aliphatic carbocycles. The molecule has 16 heavy (non-hydrogen) atoms. The minimum absolute atomic E-state index is 0.100. The van der Waals surface area contributed by atoms with Gasteiger partial charge in [-0.2, -0.15) is 0 Å². The predicted octanol–water partition coefficient (Wildman–Crippen LogP) is 2.71. The van der Waals surface area contributed by atoms with Crippen LogP contribution in [0.1, 0.15) is 23.7 Å². The second-order valence-corrected chi connectivity index (χ2v) is 3.88. The predicted molar refractivity (Wildman–Crippen MR) is 65.9 cm³/mol. The summed E-state index contributed by atoms with van der Waals surface area (Å²) in [5, 5.41) is 0. The zero-order valence-corrected chi connectivity index (χ0v) is 9.21. The van der Waals surface area contributed by atoms with E-state index in [0.717, 1.165) is 18.5 Å². The normalized spacial score (nSPS) is 12.3. The van der Waals surface area contributed by atoms with Gasteiger partial charge in [-0.15, -0.1) is 0 Å². The summed E-state index contributed by atoms with van der Waals surface area (Å²) in [5.41, 5.74) is 8.41. The lowest BCUT2D eigenvalue weighted by Gasteiger charge is -2.11. The first-order valence-electron chi connectivity index (χ1n) is 5.56. The first-order valence-corrected chi connectivity index (χ1v) is 5.56. The van der Waals surface area contributed by atoms with E-state index in [9.17, 15) is 0 Å². The Morgan fingerprint density at radius 1 is 1.00 bits per heavy atom. The highest BCUT2D eigenvalue weighted by atomic mass is 14.7. The Hall–Kier alpha value is -1.67. The highest BCUT2D eigenvalue weighted by Crippen LogP contribution is 2.15. The van der Waals surface area contributed by atoms with Crippen molar-refractivity contribution in [1.82, 2.24) is 4.98 Å². The third-order valence-corrected chi connectivity index (χ3v) is 2.67. The summed E-state index contributed by atoms with van der Waals surface area (Å²) in [7, 11) is 0. The van der Waals surface area contributed by atoms with Crippen LogP contribution in [0.3, 0.4) is 0 Å². The summed E-state index contributed by atoms with van der Waals surface area (Å²) < 4.78 is 0. The Bertz CT molecular complexity index is 411. The van der Waals surface area contributed by atoms with Gasteiger partial charge in [0.1, 0.15) is 0 Å². The van der Waals surface area contributed by atoms with Crippen molar-refractivity contribution in [3.8, 4) is 0 Å². The van der Waals surface area contributed by atoms with Crippen LogP contribution in [0.4, 0.5) is 0 Å². The SMILES string of the molecule is NC(CCc1ccccn1)c1ccccc1. The van der Waals surface area contributed by atoms with Crippen molar-refractivity contribution in [2.45, 2.75) is 18.9 Å². The number of hydrogen-bond acceptors (Lipinski definition) is 2. The van der Waals surface area contributed by atoms with Gasteiger partial charge in [0.05, 0.1) is 0 Å². The van der Waals surface area contributed by atoms with Crippen LogP contribution in [0.25, 0.3) is 0 Å².